The summed E-state index contributed by atoms with van der Waals surface area (Å²) >= 11 is 0. The third kappa shape index (κ3) is 6.06. The van der Waals surface area contributed by atoms with Crippen molar-refractivity contribution in [1.82, 2.24) is 19.8 Å². The SMILES string of the molecule is CN(C)CCCOc1ccc(CN2CCC(c3cnc4cccc(C(N)=O)c4n3)CC2)cc1. The quantitative estimate of drug-likeness (QED) is 0.506. The van der Waals surface area contributed by atoms with Crippen LogP contribution in [0, 0.1) is 0 Å². The first-order valence-corrected chi connectivity index (χ1v) is 11.6. The van der Waals surface area contributed by atoms with Crippen LogP contribution in [0.4, 0.5) is 0 Å². The van der Waals surface area contributed by atoms with Gasteiger partial charge in [0.2, 0.25) is 0 Å². The van der Waals surface area contributed by atoms with Crippen LogP contribution in [0.5, 0.6) is 5.75 Å². The Bertz CT molecular complexity index is 1080. The van der Waals surface area contributed by atoms with E-state index in [2.05, 4.69) is 53.1 Å². The van der Waals surface area contributed by atoms with Crippen LogP contribution in [-0.4, -0.2) is 66.0 Å². The number of nitrogens with zero attached hydrogens (tertiary/aromatic N) is 4. The van der Waals surface area contributed by atoms with Gasteiger partial charge in [-0.3, -0.25) is 14.7 Å². The lowest BCUT2D eigenvalue weighted by Gasteiger charge is -2.31. The number of ether oxygens (including phenoxy) is 1. The van der Waals surface area contributed by atoms with Gasteiger partial charge in [0.05, 0.1) is 23.4 Å². The van der Waals surface area contributed by atoms with Gasteiger partial charge < -0.3 is 15.4 Å². The third-order valence-corrected chi connectivity index (χ3v) is 6.21. The molecule has 1 aliphatic heterocycles. The largest absolute Gasteiger partial charge is 0.494 e. The molecule has 174 valence electrons. The molecule has 0 saturated carbocycles. The summed E-state index contributed by atoms with van der Waals surface area (Å²) in [6.07, 6.45) is 4.91. The highest BCUT2D eigenvalue weighted by molar-refractivity contribution is 6.03. The second-order valence-corrected chi connectivity index (χ2v) is 9.03. The van der Waals surface area contributed by atoms with E-state index in [1.165, 1.54) is 5.56 Å². The van der Waals surface area contributed by atoms with Gasteiger partial charge in [0.1, 0.15) is 11.3 Å². The molecule has 0 radical (unpaired) electrons. The molecule has 7 heteroatoms. The normalized spacial score (nSPS) is 15.2. The smallest absolute Gasteiger partial charge is 0.250 e. The number of piperidine rings is 1. The third-order valence-electron chi connectivity index (χ3n) is 6.21. The van der Waals surface area contributed by atoms with Crippen molar-refractivity contribution in [3.8, 4) is 5.75 Å². The number of amides is 1. The second-order valence-electron chi connectivity index (χ2n) is 9.03. The van der Waals surface area contributed by atoms with E-state index in [-0.39, 0.29) is 0 Å². The van der Waals surface area contributed by atoms with E-state index < -0.39 is 5.91 Å². The first-order valence-electron chi connectivity index (χ1n) is 11.6. The van der Waals surface area contributed by atoms with Crippen molar-refractivity contribution in [3.05, 3.63) is 65.5 Å². The number of para-hydroxylation sites is 1. The number of rotatable bonds is 9. The van der Waals surface area contributed by atoms with Crippen molar-refractivity contribution >= 4 is 16.9 Å². The van der Waals surface area contributed by atoms with Gasteiger partial charge in [0, 0.05) is 25.2 Å². The van der Waals surface area contributed by atoms with Gasteiger partial charge in [-0.05, 0) is 76.3 Å². The molecular formula is C26H33N5O2. The maximum atomic E-state index is 11.8. The highest BCUT2D eigenvalue weighted by atomic mass is 16.5. The predicted molar refractivity (Wildman–Crippen MR) is 130 cm³/mol. The Morgan fingerprint density at radius 2 is 1.91 bits per heavy atom. The molecule has 4 rings (SSSR count). The Morgan fingerprint density at radius 3 is 2.61 bits per heavy atom. The average molecular weight is 448 g/mol. The summed E-state index contributed by atoms with van der Waals surface area (Å²) in [5.41, 5.74) is 9.52. The minimum atomic E-state index is -0.466. The van der Waals surface area contributed by atoms with Gasteiger partial charge in [-0.25, -0.2) is 4.98 Å². The van der Waals surface area contributed by atoms with Crippen LogP contribution in [0.3, 0.4) is 0 Å². The molecule has 33 heavy (non-hydrogen) atoms. The van der Waals surface area contributed by atoms with E-state index in [4.69, 9.17) is 15.5 Å². The number of hydrogen-bond donors (Lipinski definition) is 1. The van der Waals surface area contributed by atoms with Crippen molar-refractivity contribution in [2.24, 2.45) is 5.73 Å². The molecule has 0 spiro atoms. The van der Waals surface area contributed by atoms with Crippen LogP contribution in [-0.2, 0) is 6.54 Å². The van der Waals surface area contributed by atoms with Gasteiger partial charge in [0.25, 0.3) is 5.91 Å². The minimum Gasteiger partial charge on any atom is -0.494 e. The first kappa shape index (κ1) is 23.1. The van der Waals surface area contributed by atoms with E-state index >= 15 is 0 Å². The number of carbonyl (C=O) groups is 1. The van der Waals surface area contributed by atoms with Crippen LogP contribution in [0.1, 0.15) is 46.8 Å². The summed E-state index contributed by atoms with van der Waals surface area (Å²) in [6.45, 7) is 4.72. The second kappa shape index (κ2) is 10.7. The molecule has 1 amide bonds. The van der Waals surface area contributed by atoms with Gasteiger partial charge in [-0.2, -0.15) is 0 Å². The zero-order chi connectivity index (χ0) is 23.2. The molecule has 7 nitrogen and oxygen atoms in total. The Morgan fingerprint density at radius 1 is 1.15 bits per heavy atom. The van der Waals surface area contributed by atoms with Crippen molar-refractivity contribution in [3.63, 3.8) is 0 Å². The van der Waals surface area contributed by atoms with E-state index in [1.54, 1.807) is 12.1 Å². The fraction of sp³-hybridized carbons (Fsp3) is 0.423. The Kier molecular flexibility index (Phi) is 7.52. The highest BCUT2D eigenvalue weighted by Crippen LogP contribution is 2.29. The number of fused-ring (bicyclic) bond motifs is 1. The average Bonchev–Trinajstić information content (AvgIpc) is 2.82. The number of aromatic nitrogens is 2. The standard InChI is InChI=1S/C26H33N5O2/c1-30(2)13-4-16-33-21-9-7-19(8-10-21)18-31-14-11-20(12-15-31)24-17-28-23-6-3-5-22(26(27)32)25(23)29-24/h3,5-10,17,20H,4,11-16,18H2,1-2H3,(H2,27,32). The molecule has 1 aromatic heterocycles. The summed E-state index contributed by atoms with van der Waals surface area (Å²) in [7, 11) is 4.15. The van der Waals surface area contributed by atoms with Crippen LogP contribution in [0.25, 0.3) is 11.0 Å². The van der Waals surface area contributed by atoms with Crippen molar-refractivity contribution in [1.29, 1.82) is 0 Å². The lowest BCUT2D eigenvalue weighted by atomic mass is 9.93. The van der Waals surface area contributed by atoms with Crippen molar-refractivity contribution in [2.75, 3.05) is 40.3 Å². The Balaban J connectivity index is 1.30. The van der Waals surface area contributed by atoms with Crippen molar-refractivity contribution in [2.45, 2.75) is 31.7 Å². The fourth-order valence-corrected chi connectivity index (χ4v) is 4.35. The molecule has 2 N–H and O–H groups in total. The van der Waals surface area contributed by atoms with E-state index in [9.17, 15) is 4.79 Å². The molecule has 0 unspecified atom stereocenters. The lowest BCUT2D eigenvalue weighted by molar-refractivity contribution is 0.100. The molecule has 1 aliphatic rings. The lowest BCUT2D eigenvalue weighted by Crippen LogP contribution is -2.32. The molecule has 3 aromatic rings. The number of hydrogen-bond acceptors (Lipinski definition) is 6. The van der Waals surface area contributed by atoms with E-state index in [0.29, 0.717) is 22.5 Å². The molecule has 0 atom stereocenters. The maximum absolute atomic E-state index is 11.8. The number of carbonyl (C=O) groups excluding carboxylic acids is 1. The topological polar surface area (TPSA) is 84.6 Å². The maximum Gasteiger partial charge on any atom is 0.250 e. The van der Waals surface area contributed by atoms with Gasteiger partial charge in [-0.15, -0.1) is 0 Å². The summed E-state index contributed by atoms with van der Waals surface area (Å²) in [6, 6.07) is 13.8. The molecule has 1 fully saturated rings. The fourth-order valence-electron chi connectivity index (χ4n) is 4.35. The van der Waals surface area contributed by atoms with Crippen LogP contribution in [0.2, 0.25) is 0 Å². The Labute approximate surface area is 195 Å². The summed E-state index contributed by atoms with van der Waals surface area (Å²) in [5.74, 6) is 0.810. The monoisotopic (exact) mass is 447 g/mol. The van der Waals surface area contributed by atoms with E-state index in [1.807, 2.05) is 12.3 Å². The summed E-state index contributed by atoms with van der Waals surface area (Å²) < 4.78 is 5.84. The molecular weight excluding hydrogens is 414 g/mol. The molecule has 1 saturated heterocycles. The minimum absolute atomic E-state index is 0.344. The molecule has 2 aromatic carbocycles. The van der Waals surface area contributed by atoms with Crippen molar-refractivity contribution < 1.29 is 9.53 Å². The van der Waals surface area contributed by atoms with Gasteiger partial charge in [0.15, 0.2) is 0 Å². The molecule has 2 heterocycles. The zero-order valence-corrected chi connectivity index (χ0v) is 19.5. The number of benzene rings is 2. The molecule has 0 bridgehead atoms. The zero-order valence-electron chi connectivity index (χ0n) is 19.5. The summed E-state index contributed by atoms with van der Waals surface area (Å²) in [5, 5.41) is 0. The van der Waals surface area contributed by atoms with E-state index in [0.717, 1.165) is 63.5 Å². The van der Waals surface area contributed by atoms with Crippen LogP contribution < -0.4 is 10.5 Å². The van der Waals surface area contributed by atoms with Crippen LogP contribution in [0.15, 0.2) is 48.7 Å². The first-order chi connectivity index (χ1) is 16.0. The number of nitrogens with two attached hydrogens (primary N) is 1. The number of likely N-dealkylation sites (tertiary alicyclic amines) is 1. The van der Waals surface area contributed by atoms with Crippen LogP contribution >= 0.6 is 0 Å². The number of primary amides is 1. The highest BCUT2D eigenvalue weighted by Gasteiger charge is 2.23. The van der Waals surface area contributed by atoms with Gasteiger partial charge >= 0.3 is 0 Å². The predicted octanol–water partition coefficient (Wildman–Crippen LogP) is 3.44. The van der Waals surface area contributed by atoms with Gasteiger partial charge in [-0.1, -0.05) is 18.2 Å². The summed E-state index contributed by atoms with van der Waals surface area (Å²) in [4.78, 5) is 25.7. The molecule has 0 aliphatic carbocycles. The Hall–Kier alpha value is -3.03.